The van der Waals surface area contributed by atoms with Crippen LogP contribution in [0.5, 0.6) is 11.5 Å². The normalized spacial score (nSPS) is 13.4. The van der Waals surface area contributed by atoms with Gasteiger partial charge in [0.25, 0.3) is 0 Å². The van der Waals surface area contributed by atoms with E-state index >= 15 is 0 Å². The first-order chi connectivity index (χ1) is 14.8. The zero-order chi connectivity index (χ0) is 20.3. The monoisotopic (exact) mass is 403 g/mol. The number of nitrogens with one attached hydrogen (secondary N) is 1. The summed E-state index contributed by atoms with van der Waals surface area (Å²) in [6, 6.07) is 21.1. The number of nitrogens with zero attached hydrogens (tertiary/aromatic N) is 2. The van der Waals surface area contributed by atoms with Gasteiger partial charge in [0.2, 0.25) is 18.6 Å². The van der Waals surface area contributed by atoms with E-state index in [1.807, 2.05) is 48.5 Å². The Balaban J connectivity index is 1.44. The van der Waals surface area contributed by atoms with Gasteiger partial charge in [0.15, 0.2) is 11.5 Å². The molecule has 0 amide bonds. The summed E-state index contributed by atoms with van der Waals surface area (Å²) in [5, 5.41) is 11.7. The Labute approximate surface area is 172 Å². The van der Waals surface area contributed by atoms with E-state index in [0.29, 0.717) is 35.4 Å². The molecule has 1 unspecified atom stereocenters. The van der Waals surface area contributed by atoms with Crippen LogP contribution in [0.4, 0.5) is 4.39 Å². The summed E-state index contributed by atoms with van der Waals surface area (Å²) in [7, 11) is 0. The third-order valence-corrected chi connectivity index (χ3v) is 4.87. The molecule has 3 aromatic carbocycles. The molecule has 1 aliphatic rings. The second kappa shape index (κ2) is 7.96. The Hall–Kier alpha value is -3.71. The summed E-state index contributed by atoms with van der Waals surface area (Å²) in [5.74, 6) is 1.74. The molecule has 1 aliphatic heterocycles. The Morgan fingerprint density at radius 2 is 1.70 bits per heavy atom. The lowest BCUT2D eigenvalue weighted by Gasteiger charge is -2.16. The standard InChI is InChI=1S/C23H18FN3O3/c24-18-9-5-4-8-17(18)21(23-27-26-22(30-23)16-6-2-1-3-7-16)25-13-15-10-11-19-20(12-15)29-14-28-19/h1-12,21,25H,13-14H2. The number of ether oxygens (including phenoxy) is 2. The van der Waals surface area contributed by atoms with E-state index in [-0.39, 0.29) is 12.6 Å². The maximum absolute atomic E-state index is 14.6. The van der Waals surface area contributed by atoms with Gasteiger partial charge in [-0.05, 0) is 35.9 Å². The molecule has 0 spiro atoms. The van der Waals surface area contributed by atoms with Crippen molar-refractivity contribution < 1.29 is 18.3 Å². The van der Waals surface area contributed by atoms with Gasteiger partial charge < -0.3 is 13.9 Å². The predicted molar refractivity (Wildman–Crippen MR) is 107 cm³/mol. The zero-order valence-corrected chi connectivity index (χ0v) is 15.9. The topological polar surface area (TPSA) is 69.4 Å². The largest absolute Gasteiger partial charge is 0.454 e. The highest BCUT2D eigenvalue weighted by Gasteiger charge is 2.24. The molecule has 0 saturated carbocycles. The quantitative estimate of drug-likeness (QED) is 0.512. The summed E-state index contributed by atoms with van der Waals surface area (Å²) >= 11 is 0. The van der Waals surface area contributed by atoms with E-state index in [2.05, 4.69) is 15.5 Å². The molecule has 0 aliphatic carbocycles. The van der Waals surface area contributed by atoms with Crippen LogP contribution in [0.25, 0.3) is 11.5 Å². The SMILES string of the molecule is Fc1ccccc1C(NCc1ccc2c(c1)OCO2)c1nnc(-c2ccccc2)o1. The van der Waals surface area contributed by atoms with Crippen molar-refractivity contribution in [2.24, 2.45) is 0 Å². The van der Waals surface area contributed by atoms with Crippen LogP contribution in [-0.4, -0.2) is 17.0 Å². The Morgan fingerprint density at radius 3 is 2.57 bits per heavy atom. The number of rotatable bonds is 6. The van der Waals surface area contributed by atoms with Gasteiger partial charge in [-0.2, -0.15) is 0 Å². The first-order valence-electron chi connectivity index (χ1n) is 9.53. The smallest absolute Gasteiger partial charge is 0.247 e. The van der Waals surface area contributed by atoms with Gasteiger partial charge in [-0.3, -0.25) is 5.32 Å². The van der Waals surface area contributed by atoms with Crippen molar-refractivity contribution in [2.75, 3.05) is 6.79 Å². The number of hydrogen-bond acceptors (Lipinski definition) is 6. The maximum atomic E-state index is 14.6. The van der Waals surface area contributed by atoms with Crippen LogP contribution in [0.15, 0.2) is 77.2 Å². The first kappa shape index (κ1) is 18.3. The minimum atomic E-state index is -0.610. The van der Waals surface area contributed by atoms with Crippen LogP contribution >= 0.6 is 0 Å². The molecule has 0 saturated heterocycles. The van der Waals surface area contributed by atoms with Crippen LogP contribution in [0, 0.1) is 5.82 Å². The highest BCUT2D eigenvalue weighted by Crippen LogP contribution is 2.33. The van der Waals surface area contributed by atoms with Crippen LogP contribution in [0.3, 0.4) is 0 Å². The van der Waals surface area contributed by atoms with Crippen molar-refractivity contribution in [1.82, 2.24) is 15.5 Å². The maximum Gasteiger partial charge on any atom is 0.247 e. The Kier molecular flexibility index (Phi) is 4.86. The van der Waals surface area contributed by atoms with Crippen molar-refractivity contribution >= 4 is 0 Å². The fraction of sp³-hybridized carbons (Fsp3) is 0.130. The molecule has 150 valence electrons. The molecule has 4 aromatic rings. The minimum Gasteiger partial charge on any atom is -0.454 e. The fourth-order valence-corrected chi connectivity index (χ4v) is 3.36. The number of hydrogen-bond donors (Lipinski definition) is 1. The summed E-state index contributed by atoms with van der Waals surface area (Å²) in [5.41, 5.74) is 2.20. The molecule has 1 aromatic heterocycles. The van der Waals surface area contributed by atoms with E-state index in [0.717, 1.165) is 11.1 Å². The molecular weight excluding hydrogens is 385 g/mol. The van der Waals surface area contributed by atoms with E-state index in [9.17, 15) is 4.39 Å². The summed E-state index contributed by atoms with van der Waals surface area (Å²) in [6.07, 6.45) is 0. The summed E-state index contributed by atoms with van der Waals surface area (Å²) in [6.45, 7) is 0.660. The van der Waals surface area contributed by atoms with Crippen LogP contribution in [0.1, 0.15) is 23.1 Å². The van der Waals surface area contributed by atoms with Crippen LogP contribution < -0.4 is 14.8 Å². The van der Waals surface area contributed by atoms with Crippen molar-refractivity contribution in [3.63, 3.8) is 0 Å². The second-order valence-electron chi connectivity index (χ2n) is 6.83. The van der Waals surface area contributed by atoms with Crippen LogP contribution in [0.2, 0.25) is 0 Å². The average molecular weight is 403 g/mol. The number of fused-ring (bicyclic) bond motifs is 1. The lowest BCUT2D eigenvalue weighted by atomic mass is 10.1. The van der Waals surface area contributed by atoms with E-state index in [1.165, 1.54) is 6.07 Å². The van der Waals surface area contributed by atoms with Gasteiger partial charge in [-0.25, -0.2) is 4.39 Å². The van der Waals surface area contributed by atoms with E-state index in [1.54, 1.807) is 18.2 Å². The fourth-order valence-electron chi connectivity index (χ4n) is 3.36. The number of halogens is 1. The van der Waals surface area contributed by atoms with Crippen molar-refractivity contribution in [1.29, 1.82) is 0 Å². The van der Waals surface area contributed by atoms with Crippen molar-refractivity contribution in [2.45, 2.75) is 12.6 Å². The highest BCUT2D eigenvalue weighted by molar-refractivity contribution is 5.52. The van der Waals surface area contributed by atoms with Gasteiger partial charge in [-0.1, -0.05) is 42.5 Å². The van der Waals surface area contributed by atoms with E-state index in [4.69, 9.17) is 13.9 Å². The Morgan fingerprint density at radius 1 is 0.900 bits per heavy atom. The van der Waals surface area contributed by atoms with Gasteiger partial charge in [-0.15, -0.1) is 10.2 Å². The molecule has 0 fully saturated rings. The molecular formula is C23H18FN3O3. The third kappa shape index (κ3) is 3.62. The molecule has 30 heavy (non-hydrogen) atoms. The lowest BCUT2D eigenvalue weighted by Crippen LogP contribution is -2.23. The van der Waals surface area contributed by atoms with Gasteiger partial charge >= 0.3 is 0 Å². The van der Waals surface area contributed by atoms with E-state index < -0.39 is 6.04 Å². The van der Waals surface area contributed by atoms with Gasteiger partial charge in [0, 0.05) is 17.7 Å². The summed E-state index contributed by atoms with van der Waals surface area (Å²) < 4.78 is 31.3. The predicted octanol–water partition coefficient (Wildman–Crippen LogP) is 4.48. The zero-order valence-electron chi connectivity index (χ0n) is 15.9. The lowest BCUT2D eigenvalue weighted by molar-refractivity contribution is 0.174. The minimum absolute atomic E-state index is 0.217. The van der Waals surface area contributed by atoms with Gasteiger partial charge in [0.1, 0.15) is 11.9 Å². The van der Waals surface area contributed by atoms with Crippen LogP contribution in [-0.2, 0) is 6.54 Å². The highest BCUT2D eigenvalue weighted by atomic mass is 19.1. The molecule has 6 nitrogen and oxygen atoms in total. The van der Waals surface area contributed by atoms with Gasteiger partial charge in [0.05, 0.1) is 0 Å². The molecule has 2 heterocycles. The molecule has 5 rings (SSSR count). The van der Waals surface area contributed by atoms with Crippen molar-refractivity contribution in [3.8, 4) is 23.0 Å². The summed E-state index contributed by atoms with van der Waals surface area (Å²) in [4.78, 5) is 0. The molecule has 7 heteroatoms. The second-order valence-corrected chi connectivity index (χ2v) is 6.83. The third-order valence-electron chi connectivity index (χ3n) is 4.87. The molecule has 1 atom stereocenters. The molecule has 1 N–H and O–H groups in total. The number of benzene rings is 3. The first-order valence-corrected chi connectivity index (χ1v) is 9.53. The molecule has 0 radical (unpaired) electrons. The number of aromatic nitrogens is 2. The average Bonchev–Trinajstić information content (AvgIpc) is 3.45. The Bertz CT molecular complexity index is 1160. The molecule has 0 bridgehead atoms. The van der Waals surface area contributed by atoms with Crippen molar-refractivity contribution in [3.05, 3.63) is 95.6 Å².